The number of aromatic nitrogens is 6. The number of carbonyl (C=O) groups is 1. The summed E-state index contributed by atoms with van der Waals surface area (Å²) in [6.45, 7) is 5.53. The molecule has 1 aliphatic heterocycles. The van der Waals surface area contributed by atoms with Crippen molar-refractivity contribution in [1.82, 2.24) is 35.3 Å². The van der Waals surface area contributed by atoms with Gasteiger partial charge < -0.3 is 10.2 Å². The molecule has 1 atom stereocenters. The van der Waals surface area contributed by atoms with Gasteiger partial charge in [-0.1, -0.05) is 7.43 Å². The second-order valence-corrected chi connectivity index (χ2v) is 8.39. The van der Waals surface area contributed by atoms with Gasteiger partial charge in [0.2, 0.25) is 0 Å². The Balaban J connectivity index is 0.00000342. The number of halogens is 3. The predicted molar refractivity (Wildman–Crippen MR) is 121 cm³/mol. The Bertz CT molecular complexity index is 1210. The van der Waals surface area contributed by atoms with Gasteiger partial charge in [0.1, 0.15) is 23.1 Å². The smallest absolute Gasteiger partial charge is 0.350 e. The van der Waals surface area contributed by atoms with Crippen LogP contribution in [0, 0.1) is 25.2 Å². The molecule has 1 aliphatic rings. The van der Waals surface area contributed by atoms with Crippen LogP contribution in [0.3, 0.4) is 0 Å². The first kappa shape index (κ1) is 25.7. The van der Waals surface area contributed by atoms with Crippen molar-refractivity contribution < 1.29 is 18.0 Å². The van der Waals surface area contributed by atoms with Crippen LogP contribution in [0.2, 0.25) is 0 Å². The van der Waals surface area contributed by atoms with E-state index in [1.54, 1.807) is 10.9 Å². The molecule has 13 heteroatoms. The van der Waals surface area contributed by atoms with Crippen molar-refractivity contribution >= 4 is 11.7 Å². The molecular weight excluding hydrogens is 463 g/mol. The minimum atomic E-state index is -4.55. The number of H-pyrrole nitrogens is 1. The standard InChI is InChI=1S/C21H22F3N9O.CH4/c1-12-18(13(2)31-30-12)15-6-28-33(9-15)20(4-5-25)10-32(11-20)17-8-26-16(7-27-17)19(34)29-14(3)21(22,23)24;/h6-9,14H,4,10-11H2,1-3H3,(H,29,34)(H,30,31);1H4/t14-;/m0./s1. The number of alkyl halides is 3. The molecular formula is C22H26F3N9O. The summed E-state index contributed by atoms with van der Waals surface area (Å²) in [5, 5.41) is 22.9. The first-order valence-corrected chi connectivity index (χ1v) is 10.4. The summed E-state index contributed by atoms with van der Waals surface area (Å²) in [5.74, 6) is -0.511. The van der Waals surface area contributed by atoms with Crippen LogP contribution in [0.25, 0.3) is 11.1 Å². The molecule has 2 N–H and O–H groups in total. The van der Waals surface area contributed by atoms with Crippen LogP contribution in [0.5, 0.6) is 0 Å². The Hall–Kier alpha value is -3.95. The van der Waals surface area contributed by atoms with Gasteiger partial charge in [-0.05, 0) is 20.8 Å². The number of nitriles is 1. The molecule has 10 nitrogen and oxygen atoms in total. The van der Waals surface area contributed by atoms with E-state index in [-0.39, 0.29) is 19.5 Å². The monoisotopic (exact) mass is 489 g/mol. The molecule has 0 bridgehead atoms. The van der Waals surface area contributed by atoms with Crippen molar-refractivity contribution in [3.8, 4) is 17.2 Å². The Morgan fingerprint density at radius 2 is 2.00 bits per heavy atom. The average Bonchev–Trinajstić information content (AvgIpc) is 3.36. The number of anilines is 1. The van der Waals surface area contributed by atoms with Gasteiger partial charge in [-0.25, -0.2) is 9.97 Å². The van der Waals surface area contributed by atoms with E-state index in [0.29, 0.717) is 18.9 Å². The van der Waals surface area contributed by atoms with E-state index in [4.69, 9.17) is 0 Å². The zero-order valence-electron chi connectivity index (χ0n) is 18.7. The molecule has 35 heavy (non-hydrogen) atoms. The van der Waals surface area contributed by atoms with Gasteiger partial charge in [-0.2, -0.15) is 28.6 Å². The Morgan fingerprint density at radius 1 is 1.29 bits per heavy atom. The van der Waals surface area contributed by atoms with E-state index in [9.17, 15) is 23.2 Å². The Labute approximate surface area is 200 Å². The van der Waals surface area contributed by atoms with Crippen LogP contribution in [-0.2, 0) is 5.54 Å². The van der Waals surface area contributed by atoms with Crippen molar-refractivity contribution in [3.05, 3.63) is 41.9 Å². The number of amides is 1. The minimum absolute atomic E-state index is 0. The first-order chi connectivity index (χ1) is 16.0. The average molecular weight is 490 g/mol. The molecule has 0 radical (unpaired) electrons. The van der Waals surface area contributed by atoms with Crippen LogP contribution in [0.15, 0.2) is 24.8 Å². The molecule has 4 rings (SSSR count). The number of aromatic amines is 1. The highest BCUT2D eigenvalue weighted by Gasteiger charge is 2.46. The molecule has 4 heterocycles. The summed E-state index contributed by atoms with van der Waals surface area (Å²) >= 11 is 0. The van der Waals surface area contributed by atoms with Gasteiger partial charge in [0.25, 0.3) is 5.91 Å². The molecule has 0 aromatic carbocycles. The summed E-state index contributed by atoms with van der Waals surface area (Å²) in [5.41, 5.74) is 2.85. The topological polar surface area (TPSA) is 128 Å². The Kier molecular flexibility index (Phi) is 6.86. The maximum Gasteiger partial charge on any atom is 0.408 e. The Morgan fingerprint density at radius 3 is 2.54 bits per heavy atom. The lowest BCUT2D eigenvalue weighted by Crippen LogP contribution is -2.63. The number of aryl methyl sites for hydroxylation is 2. The largest absolute Gasteiger partial charge is 0.408 e. The van der Waals surface area contributed by atoms with E-state index < -0.39 is 23.7 Å². The van der Waals surface area contributed by atoms with E-state index in [2.05, 4.69) is 31.3 Å². The van der Waals surface area contributed by atoms with Gasteiger partial charge >= 0.3 is 6.18 Å². The zero-order valence-corrected chi connectivity index (χ0v) is 18.7. The second kappa shape index (κ2) is 9.36. The molecule has 0 aliphatic carbocycles. The minimum Gasteiger partial charge on any atom is -0.350 e. The van der Waals surface area contributed by atoms with E-state index in [1.807, 2.05) is 30.3 Å². The first-order valence-electron chi connectivity index (χ1n) is 10.4. The molecule has 186 valence electrons. The summed E-state index contributed by atoms with van der Waals surface area (Å²) in [7, 11) is 0. The summed E-state index contributed by atoms with van der Waals surface area (Å²) in [6, 6.07) is 0.213. The number of rotatable bonds is 6. The van der Waals surface area contributed by atoms with Gasteiger partial charge in [0.15, 0.2) is 0 Å². The fourth-order valence-electron chi connectivity index (χ4n) is 3.95. The third-order valence-electron chi connectivity index (χ3n) is 5.90. The fraction of sp³-hybridized carbons (Fsp3) is 0.455. The molecule has 1 amide bonds. The van der Waals surface area contributed by atoms with Crippen molar-refractivity contribution in [1.29, 1.82) is 5.26 Å². The zero-order chi connectivity index (χ0) is 24.7. The van der Waals surface area contributed by atoms with Crippen molar-refractivity contribution in [3.63, 3.8) is 0 Å². The van der Waals surface area contributed by atoms with Gasteiger partial charge in [0, 0.05) is 36.1 Å². The highest BCUT2D eigenvalue weighted by atomic mass is 19.4. The third-order valence-corrected chi connectivity index (χ3v) is 5.90. The maximum absolute atomic E-state index is 12.7. The predicted octanol–water partition coefficient (Wildman–Crippen LogP) is 3.13. The van der Waals surface area contributed by atoms with E-state index in [1.165, 1.54) is 6.20 Å². The highest BCUT2D eigenvalue weighted by molar-refractivity contribution is 5.92. The molecule has 3 aromatic rings. The lowest BCUT2D eigenvalue weighted by molar-refractivity contribution is -0.149. The quantitative estimate of drug-likeness (QED) is 0.544. The molecule has 1 saturated heterocycles. The maximum atomic E-state index is 12.7. The van der Waals surface area contributed by atoms with Crippen molar-refractivity contribution in [2.75, 3.05) is 18.0 Å². The van der Waals surface area contributed by atoms with E-state index >= 15 is 0 Å². The van der Waals surface area contributed by atoms with Crippen LogP contribution in [-0.4, -0.2) is 61.2 Å². The van der Waals surface area contributed by atoms with Crippen molar-refractivity contribution in [2.45, 2.75) is 52.4 Å². The fourth-order valence-corrected chi connectivity index (χ4v) is 3.95. The highest BCUT2D eigenvalue weighted by Crippen LogP contribution is 2.36. The third kappa shape index (κ3) is 4.82. The van der Waals surface area contributed by atoms with E-state index in [0.717, 1.165) is 35.6 Å². The molecule has 0 unspecified atom stereocenters. The normalized spacial score (nSPS) is 15.5. The summed E-state index contributed by atoms with van der Waals surface area (Å²) in [4.78, 5) is 22.0. The molecule has 1 fully saturated rings. The summed E-state index contributed by atoms with van der Waals surface area (Å²) < 4.78 is 39.7. The van der Waals surface area contributed by atoms with Crippen LogP contribution < -0.4 is 10.2 Å². The van der Waals surface area contributed by atoms with Crippen LogP contribution in [0.4, 0.5) is 19.0 Å². The van der Waals surface area contributed by atoms with Crippen LogP contribution >= 0.6 is 0 Å². The lowest BCUT2D eigenvalue weighted by Gasteiger charge is -2.49. The number of nitrogens with one attached hydrogen (secondary N) is 2. The van der Waals surface area contributed by atoms with Gasteiger partial charge in [0.05, 0.1) is 36.8 Å². The summed E-state index contributed by atoms with van der Waals surface area (Å²) in [6.07, 6.45) is 1.76. The number of hydrogen-bond acceptors (Lipinski definition) is 7. The van der Waals surface area contributed by atoms with Crippen molar-refractivity contribution in [2.24, 2.45) is 0 Å². The molecule has 0 spiro atoms. The van der Waals surface area contributed by atoms with Gasteiger partial charge in [-0.3, -0.25) is 14.6 Å². The SMILES string of the molecule is C.Cc1n[nH]c(C)c1-c1cnn(C2(CC#N)CN(c3cnc(C(=O)N[C@@H](C)C(F)(F)F)cn3)C2)c1. The molecule has 3 aromatic heterocycles. The van der Waals surface area contributed by atoms with Gasteiger partial charge in [-0.15, -0.1) is 0 Å². The lowest BCUT2D eigenvalue weighted by atomic mass is 9.87. The van der Waals surface area contributed by atoms with Crippen LogP contribution in [0.1, 0.15) is 42.6 Å². The number of hydrogen-bond donors (Lipinski definition) is 2. The number of nitrogens with zero attached hydrogens (tertiary/aromatic N) is 7. The molecule has 0 saturated carbocycles. The number of carbonyl (C=O) groups excluding carboxylic acids is 1. The second-order valence-electron chi connectivity index (χ2n) is 8.39.